The number of likely N-dealkylation sites (N-methyl/N-ethyl adjacent to an activating group) is 1. The number of aromatic nitrogens is 2. The minimum atomic E-state index is -1.19. The number of benzene rings is 2. The van der Waals surface area contributed by atoms with E-state index in [1.165, 1.54) is 53.1 Å². The minimum absolute atomic E-state index is 0.0267. The van der Waals surface area contributed by atoms with Gasteiger partial charge in [0.25, 0.3) is 5.56 Å². The summed E-state index contributed by atoms with van der Waals surface area (Å²) in [5.41, 5.74) is -1.67. The zero-order valence-corrected chi connectivity index (χ0v) is 31.8. The summed E-state index contributed by atoms with van der Waals surface area (Å²) in [6.07, 6.45) is 2.72. The Morgan fingerprint density at radius 2 is 1.73 bits per heavy atom. The van der Waals surface area contributed by atoms with Crippen molar-refractivity contribution in [2.45, 2.75) is 58.4 Å². The van der Waals surface area contributed by atoms with Crippen LogP contribution in [0.3, 0.4) is 0 Å². The van der Waals surface area contributed by atoms with Crippen LogP contribution in [0.4, 0.5) is 28.4 Å². The Balaban J connectivity index is 1.67. The summed E-state index contributed by atoms with van der Waals surface area (Å²) in [6, 6.07) is 8.13. The van der Waals surface area contributed by atoms with Crippen LogP contribution in [0, 0.1) is 17.5 Å². The van der Waals surface area contributed by atoms with Crippen LogP contribution in [-0.2, 0) is 37.0 Å². The van der Waals surface area contributed by atoms with Gasteiger partial charge in [0.05, 0.1) is 18.8 Å². The predicted octanol–water partition coefficient (Wildman–Crippen LogP) is 5.74. The normalized spacial score (nSPS) is 12.0. The molecule has 0 bridgehead atoms. The zero-order valence-electron chi connectivity index (χ0n) is 31.8. The van der Waals surface area contributed by atoms with Crippen LogP contribution in [0.2, 0.25) is 0 Å². The summed E-state index contributed by atoms with van der Waals surface area (Å²) in [5, 5.41) is 5.19. The summed E-state index contributed by atoms with van der Waals surface area (Å²) >= 11 is 0. The lowest BCUT2D eigenvalue weighted by Gasteiger charge is -2.22. The second kappa shape index (κ2) is 19.0. The zero-order chi connectivity index (χ0) is 41.2. The number of carbonyl (C=O) groups excluding carboxylic acids is 4. The van der Waals surface area contributed by atoms with Crippen molar-refractivity contribution in [3.63, 3.8) is 0 Å². The summed E-state index contributed by atoms with van der Waals surface area (Å²) < 4.78 is 66.6. The van der Waals surface area contributed by atoms with E-state index in [-0.39, 0.29) is 72.1 Å². The van der Waals surface area contributed by atoms with E-state index >= 15 is 0 Å². The van der Waals surface area contributed by atoms with E-state index in [0.29, 0.717) is 6.07 Å². The predicted molar refractivity (Wildman–Crippen MR) is 200 cm³/mol. The maximum atomic E-state index is 14.9. The fourth-order valence-corrected chi connectivity index (χ4v) is 5.29. The molecule has 0 saturated carbocycles. The third-order valence-electron chi connectivity index (χ3n) is 7.94. The Morgan fingerprint density at radius 1 is 0.982 bits per heavy atom. The van der Waals surface area contributed by atoms with E-state index < -0.39 is 59.4 Å². The van der Waals surface area contributed by atoms with Crippen molar-refractivity contribution in [2.24, 2.45) is 0 Å². The first-order chi connectivity index (χ1) is 26.5. The summed E-state index contributed by atoms with van der Waals surface area (Å²) in [4.78, 5) is 66.8. The first kappa shape index (κ1) is 42.6. The van der Waals surface area contributed by atoms with Crippen molar-refractivity contribution < 1.29 is 51.3 Å². The molecular formula is C39H44F3N5O9. The Hall–Kier alpha value is -6.10. The number of allylic oxidation sites excluding steroid dienone is 1. The number of hydrogen-bond donors (Lipinski definition) is 2. The summed E-state index contributed by atoms with van der Waals surface area (Å²) in [5.74, 6) is -3.61. The number of anilines is 1. The van der Waals surface area contributed by atoms with Crippen molar-refractivity contribution >= 4 is 40.6 Å². The number of halogens is 3. The minimum Gasteiger partial charge on any atom is -0.486 e. The molecule has 2 aromatic carbocycles. The number of hydrogen-bond acceptors (Lipinski definition) is 9. The van der Waals surface area contributed by atoms with Crippen LogP contribution in [0.1, 0.15) is 44.9 Å². The van der Waals surface area contributed by atoms with Crippen molar-refractivity contribution in [3.8, 4) is 5.75 Å². The number of pyridine rings is 1. The third-order valence-corrected chi connectivity index (χ3v) is 7.94. The van der Waals surface area contributed by atoms with Crippen molar-refractivity contribution in [3.05, 3.63) is 106 Å². The Morgan fingerprint density at radius 3 is 2.41 bits per heavy atom. The maximum Gasteiger partial charge on any atom is 0.419 e. The smallest absolute Gasteiger partial charge is 0.419 e. The van der Waals surface area contributed by atoms with E-state index in [4.69, 9.17) is 18.9 Å². The van der Waals surface area contributed by atoms with Gasteiger partial charge in [0.15, 0.2) is 0 Å². The molecule has 0 radical (unpaired) electrons. The van der Waals surface area contributed by atoms with Gasteiger partial charge in [-0.05, 0) is 76.1 Å². The summed E-state index contributed by atoms with van der Waals surface area (Å²) in [7, 11) is 4.59. The molecule has 2 N–H and O–H groups in total. The van der Waals surface area contributed by atoms with Crippen molar-refractivity contribution in [1.29, 1.82) is 0 Å². The highest BCUT2D eigenvalue weighted by atomic mass is 19.1. The molecule has 0 fully saturated rings. The van der Waals surface area contributed by atoms with Crippen LogP contribution in [0.15, 0.2) is 71.7 Å². The molecule has 14 nitrogen and oxygen atoms in total. The number of rotatable bonds is 15. The average Bonchev–Trinajstić information content (AvgIpc) is 3.47. The van der Waals surface area contributed by atoms with Crippen molar-refractivity contribution in [1.82, 2.24) is 19.4 Å². The third kappa shape index (κ3) is 11.7. The average molecular weight is 784 g/mol. The van der Waals surface area contributed by atoms with Gasteiger partial charge in [-0.3, -0.25) is 14.4 Å². The molecule has 2 aromatic heterocycles. The highest BCUT2D eigenvalue weighted by Gasteiger charge is 2.26. The van der Waals surface area contributed by atoms with Gasteiger partial charge in [-0.25, -0.2) is 27.3 Å². The Bertz CT molecular complexity index is 2160. The van der Waals surface area contributed by atoms with Crippen LogP contribution >= 0.6 is 0 Å². The van der Waals surface area contributed by atoms with E-state index in [1.54, 1.807) is 40.9 Å². The quantitative estimate of drug-likeness (QED) is 0.113. The molecule has 1 atom stereocenters. The lowest BCUT2D eigenvalue weighted by molar-refractivity contribution is -0.123. The standard InChI is InChI=1S/C39H44F3N5O9/c1-39(2,3)56-38(52)47-28(19-25-18-27(41)21-32(34(25)47)55-23-24-13-14-26(40)20-29(24)42)22-46-15-9-11-31(36(46)50)43-35(49)30(44-37(51)54-17-16-53-6)10-7-8-12-33(48)45(4)5/h8-9,11-15,18-21,30H,7,10,16-17,22-23H2,1-6H3,(H,43,49)(H,44,51)/b12-8+/t30-/m0/s1. The lowest BCUT2D eigenvalue weighted by atomic mass is 10.1. The SMILES string of the molecule is COCCOC(=O)N[C@@H](CC/C=C/C(=O)N(C)C)C(=O)Nc1cccn(Cc2cc3cc(F)cc(OCc4ccc(F)cc4F)c3n2C(=O)OC(C)(C)C)c1=O. The molecule has 3 amide bonds. The monoisotopic (exact) mass is 783 g/mol. The molecule has 300 valence electrons. The van der Waals surface area contributed by atoms with Gasteiger partial charge in [-0.15, -0.1) is 0 Å². The largest absolute Gasteiger partial charge is 0.486 e. The maximum absolute atomic E-state index is 14.9. The van der Waals surface area contributed by atoms with Crippen LogP contribution in [-0.4, -0.2) is 84.1 Å². The molecule has 0 unspecified atom stereocenters. The molecule has 0 aliphatic heterocycles. The second-order valence-electron chi connectivity index (χ2n) is 13.7. The van der Waals surface area contributed by atoms with Crippen LogP contribution < -0.4 is 20.9 Å². The number of alkyl carbamates (subject to hydrolysis) is 1. The topological polar surface area (TPSA) is 159 Å². The van der Waals surface area contributed by atoms with Crippen LogP contribution in [0.25, 0.3) is 10.9 Å². The molecule has 2 heterocycles. The molecule has 0 aliphatic rings. The number of nitrogens with zero attached hydrogens (tertiary/aromatic N) is 3. The number of methoxy groups -OCH3 is 1. The molecule has 4 rings (SSSR count). The Labute approximate surface area is 320 Å². The molecular weight excluding hydrogens is 739 g/mol. The van der Waals surface area contributed by atoms with Gasteiger partial charge in [0, 0.05) is 50.5 Å². The van der Waals surface area contributed by atoms with Gasteiger partial charge in [0.1, 0.15) is 59.3 Å². The van der Waals surface area contributed by atoms with Gasteiger partial charge in [-0.1, -0.05) is 6.08 Å². The molecule has 0 spiro atoms. The van der Waals surface area contributed by atoms with Crippen molar-refractivity contribution in [2.75, 3.05) is 39.7 Å². The first-order valence-electron chi connectivity index (χ1n) is 17.4. The molecule has 0 aliphatic carbocycles. The Kier molecular flexibility index (Phi) is 14.4. The van der Waals surface area contributed by atoms with E-state index in [2.05, 4.69) is 10.6 Å². The van der Waals surface area contributed by atoms with E-state index in [0.717, 1.165) is 22.8 Å². The second-order valence-corrected chi connectivity index (χ2v) is 13.7. The number of ether oxygens (including phenoxy) is 4. The van der Waals surface area contributed by atoms with Gasteiger partial charge in [-0.2, -0.15) is 0 Å². The number of amides is 3. The van der Waals surface area contributed by atoms with E-state index in [9.17, 15) is 37.1 Å². The number of carbonyl (C=O) groups is 4. The fourth-order valence-electron chi connectivity index (χ4n) is 5.29. The van der Waals surface area contributed by atoms with Gasteiger partial charge < -0.3 is 39.0 Å². The molecule has 56 heavy (non-hydrogen) atoms. The summed E-state index contributed by atoms with van der Waals surface area (Å²) in [6.45, 7) is 4.24. The lowest BCUT2D eigenvalue weighted by Crippen LogP contribution is -2.45. The van der Waals surface area contributed by atoms with Gasteiger partial charge >= 0.3 is 12.2 Å². The molecule has 4 aromatic rings. The highest BCUT2D eigenvalue weighted by Crippen LogP contribution is 2.33. The molecule has 0 saturated heterocycles. The fraction of sp³-hybridized carbons (Fsp3) is 0.359. The van der Waals surface area contributed by atoms with E-state index in [1.807, 2.05) is 0 Å². The first-order valence-corrected chi connectivity index (χ1v) is 17.4. The van der Waals surface area contributed by atoms with Gasteiger partial charge in [0.2, 0.25) is 11.8 Å². The molecule has 17 heteroatoms. The number of fused-ring (bicyclic) bond motifs is 1. The number of nitrogens with one attached hydrogen (secondary N) is 2. The highest BCUT2D eigenvalue weighted by molar-refractivity contribution is 5.97. The van der Waals surface area contributed by atoms with Crippen LogP contribution in [0.5, 0.6) is 5.75 Å².